The van der Waals surface area contributed by atoms with E-state index in [2.05, 4.69) is 12.1 Å². The lowest BCUT2D eigenvalue weighted by Gasteiger charge is -2.33. The monoisotopic (exact) mass is 524 g/mol. The highest BCUT2D eigenvalue weighted by Gasteiger charge is 2.28. The van der Waals surface area contributed by atoms with Crippen molar-refractivity contribution in [1.82, 2.24) is 9.80 Å². The Morgan fingerprint density at radius 3 is 2.42 bits per heavy atom. The van der Waals surface area contributed by atoms with Crippen molar-refractivity contribution in [3.05, 3.63) is 99.5 Å². The second kappa shape index (κ2) is 12.3. The summed E-state index contributed by atoms with van der Waals surface area (Å²) in [6.45, 7) is 3.98. The van der Waals surface area contributed by atoms with Gasteiger partial charge in [-0.25, -0.2) is 0 Å². The molecule has 0 fully saturated rings. The number of benzene rings is 3. The molecule has 0 spiro atoms. The van der Waals surface area contributed by atoms with E-state index in [-0.39, 0.29) is 24.5 Å². The number of carbonyl (C=O) groups is 2. The van der Waals surface area contributed by atoms with Crippen molar-refractivity contribution in [2.24, 2.45) is 0 Å². The lowest BCUT2D eigenvalue weighted by molar-refractivity contribution is 0.0586. The second-order valence-electron chi connectivity index (χ2n) is 8.87. The smallest absolute Gasteiger partial charge is 0.257 e. The molecule has 0 saturated heterocycles. The van der Waals surface area contributed by atoms with Gasteiger partial charge in [-0.3, -0.25) is 9.59 Å². The number of rotatable bonds is 4. The van der Waals surface area contributed by atoms with Gasteiger partial charge in [-0.1, -0.05) is 65.7 Å². The predicted octanol–water partition coefficient (Wildman–Crippen LogP) is 6.38. The Hall–Kier alpha value is -3.02. The highest BCUT2D eigenvalue weighted by atomic mass is 35.5. The lowest BCUT2D eigenvalue weighted by atomic mass is 10.0. The quantitative estimate of drug-likeness (QED) is 0.397. The van der Waals surface area contributed by atoms with Crippen molar-refractivity contribution in [2.75, 3.05) is 26.2 Å². The van der Waals surface area contributed by atoms with Gasteiger partial charge in [-0.15, -0.1) is 0 Å². The normalized spacial score (nSPS) is 17.0. The number of para-hydroxylation sites is 1. The average Bonchev–Trinajstić information content (AvgIpc) is 2.90. The van der Waals surface area contributed by atoms with Crippen LogP contribution in [-0.2, 0) is 6.42 Å². The van der Waals surface area contributed by atoms with Crippen molar-refractivity contribution >= 4 is 35.0 Å². The molecule has 0 unspecified atom stereocenters. The van der Waals surface area contributed by atoms with Crippen molar-refractivity contribution < 1.29 is 14.3 Å². The first-order valence-electron chi connectivity index (χ1n) is 12.3. The largest absolute Gasteiger partial charge is 0.491 e. The molecule has 1 atom stereocenters. The van der Waals surface area contributed by atoms with E-state index >= 15 is 0 Å². The van der Waals surface area contributed by atoms with Gasteiger partial charge >= 0.3 is 0 Å². The summed E-state index contributed by atoms with van der Waals surface area (Å²) in [5.41, 5.74) is 2.13. The fourth-order valence-corrected chi connectivity index (χ4v) is 4.80. The molecule has 0 radical (unpaired) electrons. The van der Waals surface area contributed by atoms with Crippen LogP contribution in [0, 0.1) is 0 Å². The van der Waals surface area contributed by atoms with Gasteiger partial charge in [0, 0.05) is 25.2 Å². The zero-order valence-corrected chi connectivity index (χ0v) is 21.8. The molecule has 2 amide bonds. The number of amides is 2. The van der Waals surface area contributed by atoms with Crippen LogP contribution in [0.4, 0.5) is 0 Å². The minimum absolute atomic E-state index is 0.0305. The highest BCUT2D eigenvalue weighted by molar-refractivity contribution is 6.42. The maximum atomic E-state index is 13.8. The molecule has 0 N–H and O–H groups in total. The van der Waals surface area contributed by atoms with Crippen LogP contribution in [0.1, 0.15) is 46.0 Å². The summed E-state index contributed by atoms with van der Waals surface area (Å²) >= 11 is 12.4. The zero-order valence-electron chi connectivity index (χ0n) is 20.3. The average molecular weight is 525 g/mol. The van der Waals surface area contributed by atoms with Gasteiger partial charge in [0.25, 0.3) is 11.8 Å². The molecule has 188 valence electrons. The molecule has 1 aliphatic heterocycles. The van der Waals surface area contributed by atoms with Crippen LogP contribution in [0.5, 0.6) is 5.75 Å². The molecule has 1 heterocycles. The summed E-state index contributed by atoms with van der Waals surface area (Å²) < 4.78 is 6.28. The first-order chi connectivity index (χ1) is 17.5. The molecule has 4 rings (SSSR count). The van der Waals surface area contributed by atoms with E-state index in [0.717, 1.165) is 18.4 Å². The summed E-state index contributed by atoms with van der Waals surface area (Å²) in [6.07, 6.45) is 2.15. The Balaban J connectivity index is 1.71. The van der Waals surface area contributed by atoms with Gasteiger partial charge in [0.1, 0.15) is 12.4 Å². The third-order valence-corrected chi connectivity index (χ3v) is 7.22. The Kier molecular flexibility index (Phi) is 8.89. The van der Waals surface area contributed by atoms with Gasteiger partial charge in [-0.2, -0.15) is 0 Å². The molecule has 36 heavy (non-hydrogen) atoms. The van der Waals surface area contributed by atoms with Gasteiger partial charge < -0.3 is 14.5 Å². The number of halogens is 2. The van der Waals surface area contributed by atoms with Crippen LogP contribution in [0.2, 0.25) is 10.0 Å². The molecule has 7 heteroatoms. The number of hydrogen-bond acceptors (Lipinski definition) is 3. The van der Waals surface area contributed by atoms with E-state index < -0.39 is 0 Å². The summed E-state index contributed by atoms with van der Waals surface area (Å²) in [7, 11) is 0. The molecule has 3 aromatic carbocycles. The van der Waals surface area contributed by atoms with Gasteiger partial charge in [0.05, 0.1) is 21.7 Å². The standard InChI is InChI=1S/C29H30Cl2N2O3/c1-2-32-16-8-9-17-33(28(34)22-14-15-25(30)26(31)19-22)23(18-21-10-4-3-5-11-21)20-36-27-13-7-6-12-24(27)29(32)35/h3-7,10-15,19,23H,2,8-9,16-18,20H2,1H3/t23-/m1/s1. The Labute approximate surface area is 222 Å². The maximum absolute atomic E-state index is 13.8. The minimum atomic E-state index is -0.251. The highest BCUT2D eigenvalue weighted by Crippen LogP contribution is 2.26. The molecule has 0 saturated carbocycles. The van der Waals surface area contributed by atoms with Crippen LogP contribution in [0.3, 0.4) is 0 Å². The van der Waals surface area contributed by atoms with E-state index in [1.54, 1.807) is 24.3 Å². The summed E-state index contributed by atoms with van der Waals surface area (Å²) in [5.74, 6) is 0.380. The van der Waals surface area contributed by atoms with Crippen LogP contribution in [-0.4, -0.2) is 53.9 Å². The number of fused-ring (bicyclic) bond motifs is 1. The van der Waals surface area contributed by atoms with Crippen molar-refractivity contribution in [3.8, 4) is 5.75 Å². The van der Waals surface area contributed by atoms with Gasteiger partial charge in [0.2, 0.25) is 0 Å². The van der Waals surface area contributed by atoms with Crippen LogP contribution in [0.15, 0.2) is 72.8 Å². The topological polar surface area (TPSA) is 49.9 Å². The zero-order chi connectivity index (χ0) is 25.5. The van der Waals surface area contributed by atoms with Crippen LogP contribution in [0.25, 0.3) is 0 Å². The first-order valence-corrected chi connectivity index (χ1v) is 13.0. The molecular formula is C29H30Cl2N2O3. The van der Waals surface area contributed by atoms with E-state index in [1.165, 1.54) is 0 Å². The van der Waals surface area contributed by atoms with Crippen molar-refractivity contribution in [2.45, 2.75) is 32.2 Å². The molecule has 0 aliphatic carbocycles. The van der Waals surface area contributed by atoms with E-state index in [4.69, 9.17) is 27.9 Å². The SMILES string of the molecule is CCN1CCCCN(C(=O)c2ccc(Cl)c(Cl)c2)[C@H](Cc2ccccc2)COc2ccccc2C1=O. The second-order valence-corrected chi connectivity index (χ2v) is 9.68. The Morgan fingerprint density at radius 2 is 1.67 bits per heavy atom. The summed E-state index contributed by atoms with van der Waals surface area (Å²) in [5, 5.41) is 0.755. The van der Waals surface area contributed by atoms with E-state index in [0.29, 0.717) is 53.0 Å². The molecule has 5 nitrogen and oxygen atoms in total. The predicted molar refractivity (Wildman–Crippen MR) is 144 cm³/mol. The number of nitrogens with zero attached hydrogens (tertiary/aromatic N) is 2. The van der Waals surface area contributed by atoms with Crippen LogP contribution < -0.4 is 4.74 Å². The summed E-state index contributed by atoms with van der Waals surface area (Å²) in [4.78, 5) is 30.7. The molecular weight excluding hydrogens is 495 g/mol. The molecule has 0 bridgehead atoms. The van der Waals surface area contributed by atoms with E-state index in [9.17, 15) is 9.59 Å². The third-order valence-electron chi connectivity index (χ3n) is 6.48. The Bertz CT molecular complexity index is 1200. The first kappa shape index (κ1) is 26.1. The fraction of sp³-hybridized carbons (Fsp3) is 0.310. The number of ether oxygens (including phenoxy) is 1. The molecule has 0 aromatic heterocycles. The lowest BCUT2D eigenvalue weighted by Crippen LogP contribution is -2.46. The summed E-state index contributed by atoms with van der Waals surface area (Å²) in [6, 6.07) is 22.1. The Morgan fingerprint density at radius 1 is 0.944 bits per heavy atom. The van der Waals surface area contributed by atoms with Gasteiger partial charge in [0.15, 0.2) is 0 Å². The van der Waals surface area contributed by atoms with E-state index in [1.807, 2.05) is 53.1 Å². The molecule has 1 aliphatic rings. The van der Waals surface area contributed by atoms with Crippen molar-refractivity contribution in [3.63, 3.8) is 0 Å². The number of carbonyl (C=O) groups excluding carboxylic acids is 2. The minimum Gasteiger partial charge on any atom is -0.491 e. The van der Waals surface area contributed by atoms with Crippen LogP contribution >= 0.6 is 23.2 Å². The van der Waals surface area contributed by atoms with Gasteiger partial charge in [-0.05, 0) is 62.1 Å². The number of hydrogen-bond donors (Lipinski definition) is 0. The van der Waals surface area contributed by atoms with Crippen molar-refractivity contribution in [1.29, 1.82) is 0 Å². The maximum Gasteiger partial charge on any atom is 0.257 e. The molecule has 3 aromatic rings. The fourth-order valence-electron chi connectivity index (χ4n) is 4.50. The third kappa shape index (κ3) is 6.21.